The number of halogens is 1. The number of nitrogens with zero attached hydrogens (tertiary/aromatic N) is 4. The molecule has 3 N–H and O–H groups in total. The number of benzene rings is 2. The molecule has 0 spiro atoms. The highest BCUT2D eigenvalue weighted by Gasteiger charge is 2.30. The molecule has 1 saturated heterocycles. The van der Waals surface area contributed by atoms with Crippen molar-refractivity contribution in [2.75, 3.05) is 55.7 Å². The molecule has 4 heterocycles. The monoisotopic (exact) mass is 610 g/mol. The number of primary amides is 1. The number of aromatic nitrogens is 2. The van der Waals surface area contributed by atoms with Crippen molar-refractivity contribution in [1.29, 1.82) is 0 Å². The predicted molar refractivity (Wildman–Crippen MR) is 178 cm³/mol. The van der Waals surface area contributed by atoms with Crippen LogP contribution in [0.25, 0.3) is 16.6 Å². The van der Waals surface area contributed by atoms with E-state index in [1.54, 1.807) is 5.57 Å². The van der Waals surface area contributed by atoms with Crippen molar-refractivity contribution in [3.05, 3.63) is 82.5 Å². The Labute approximate surface area is 263 Å². The smallest absolute Gasteiger partial charge is 0.250 e. The number of amides is 1. The van der Waals surface area contributed by atoms with E-state index in [4.69, 9.17) is 22.1 Å². The highest BCUT2D eigenvalue weighted by Crippen LogP contribution is 2.44. The number of H-pyrrole nitrogens is 1. The third kappa shape index (κ3) is 5.64. The average Bonchev–Trinajstić information content (AvgIpc) is 3.48. The number of pyridine rings is 1. The molecule has 1 amide bonds. The van der Waals surface area contributed by atoms with Crippen LogP contribution in [-0.2, 0) is 0 Å². The van der Waals surface area contributed by atoms with E-state index in [9.17, 15) is 4.79 Å². The van der Waals surface area contributed by atoms with Gasteiger partial charge in [-0.2, -0.15) is 4.98 Å². The van der Waals surface area contributed by atoms with Crippen LogP contribution < -0.4 is 20.3 Å². The lowest BCUT2D eigenvalue weighted by molar-refractivity contribution is 0.100. The molecule has 1 aliphatic carbocycles. The zero-order valence-corrected chi connectivity index (χ0v) is 26.2. The summed E-state index contributed by atoms with van der Waals surface area (Å²) in [6.07, 6.45) is 5.31. The molecule has 2 aliphatic heterocycles. The van der Waals surface area contributed by atoms with Crippen LogP contribution in [0.3, 0.4) is 0 Å². The van der Waals surface area contributed by atoms with Gasteiger partial charge in [0.15, 0.2) is 0 Å². The van der Waals surface area contributed by atoms with Crippen LogP contribution in [0.2, 0.25) is 5.02 Å². The summed E-state index contributed by atoms with van der Waals surface area (Å²) in [5.41, 5.74) is 14.5. The van der Waals surface area contributed by atoms with E-state index in [1.165, 1.54) is 17.6 Å². The van der Waals surface area contributed by atoms with E-state index in [2.05, 4.69) is 62.8 Å². The number of aromatic amines is 1. The van der Waals surface area contributed by atoms with Crippen molar-refractivity contribution in [3.63, 3.8) is 0 Å². The molecule has 1 fully saturated rings. The summed E-state index contributed by atoms with van der Waals surface area (Å²) in [4.78, 5) is 27.5. The maximum atomic E-state index is 12.6. The maximum Gasteiger partial charge on any atom is 0.250 e. The number of hydrogen-bond acceptors (Lipinski definition) is 6. The number of hydrogen-bond donors (Lipinski definition) is 2. The SMILES string of the molecule is CC1(C)CCC(CN2CCN(c3ccc(C(N)=O)c(N4CCOc5nc6[nH]ccc6cc54)c3)CC2)=C(c2ccc(Cl)cc2)C1. The molecule has 8 nitrogen and oxygen atoms in total. The Morgan fingerprint density at radius 3 is 2.59 bits per heavy atom. The van der Waals surface area contributed by atoms with Crippen molar-refractivity contribution in [1.82, 2.24) is 14.9 Å². The molecule has 2 aromatic heterocycles. The van der Waals surface area contributed by atoms with Gasteiger partial charge in [0, 0.05) is 55.0 Å². The number of carbonyl (C=O) groups is 1. The first-order valence-corrected chi connectivity index (χ1v) is 15.9. The van der Waals surface area contributed by atoms with Crippen molar-refractivity contribution >= 4 is 51.2 Å². The number of nitrogens with one attached hydrogen (secondary N) is 1. The average molecular weight is 611 g/mol. The van der Waals surface area contributed by atoms with Gasteiger partial charge in [-0.05, 0) is 78.3 Å². The lowest BCUT2D eigenvalue weighted by Crippen LogP contribution is -2.47. The Kier molecular flexibility index (Phi) is 7.50. The number of ether oxygens (including phenoxy) is 1. The van der Waals surface area contributed by atoms with Crippen LogP contribution in [0.5, 0.6) is 5.88 Å². The van der Waals surface area contributed by atoms with Gasteiger partial charge in [0.1, 0.15) is 17.9 Å². The topological polar surface area (TPSA) is 90.7 Å². The van der Waals surface area contributed by atoms with E-state index in [0.717, 1.165) is 78.7 Å². The molecular formula is C35H39ClN6O2. The van der Waals surface area contributed by atoms with E-state index >= 15 is 0 Å². The summed E-state index contributed by atoms with van der Waals surface area (Å²) in [7, 11) is 0. The van der Waals surface area contributed by atoms with Gasteiger partial charge in [0.25, 0.3) is 5.91 Å². The summed E-state index contributed by atoms with van der Waals surface area (Å²) >= 11 is 6.22. The molecule has 0 bridgehead atoms. The number of nitrogens with two attached hydrogens (primary N) is 1. The Morgan fingerprint density at radius 2 is 1.82 bits per heavy atom. The second-order valence-electron chi connectivity index (χ2n) is 13.0. The molecule has 4 aromatic rings. The normalized spacial score (nSPS) is 18.8. The largest absolute Gasteiger partial charge is 0.474 e. The first kappa shape index (κ1) is 28.7. The maximum absolute atomic E-state index is 12.6. The minimum atomic E-state index is -0.444. The van der Waals surface area contributed by atoms with Crippen molar-refractivity contribution in [2.45, 2.75) is 33.1 Å². The fourth-order valence-corrected chi connectivity index (χ4v) is 7.03. The lowest BCUT2D eigenvalue weighted by atomic mass is 9.72. The van der Waals surface area contributed by atoms with E-state index < -0.39 is 5.91 Å². The molecule has 0 saturated carbocycles. The zero-order valence-electron chi connectivity index (χ0n) is 25.4. The van der Waals surface area contributed by atoms with E-state index in [0.29, 0.717) is 30.0 Å². The van der Waals surface area contributed by atoms with Gasteiger partial charge in [-0.25, -0.2) is 0 Å². The number of fused-ring (bicyclic) bond motifs is 2. The Morgan fingerprint density at radius 1 is 1.02 bits per heavy atom. The summed E-state index contributed by atoms with van der Waals surface area (Å²) < 4.78 is 5.91. The molecule has 0 unspecified atom stereocenters. The molecular weight excluding hydrogens is 572 g/mol. The third-order valence-corrected chi connectivity index (χ3v) is 9.65. The standard InChI is InChI=1S/C35H39ClN6O2/c1-35(2)11-9-25(29(21-35)23-3-5-26(36)6-4-23)22-40-13-15-41(16-14-40)27-7-8-28(32(37)43)30(20-27)42-17-18-44-34-31(42)19-24-10-12-38-33(24)39-34/h3-8,10,12,19-20H,9,11,13-18,21-22H2,1-2H3,(H2,37,43)(H,38,39). The fraction of sp³-hybridized carbons (Fsp3) is 0.371. The minimum absolute atomic E-state index is 0.302. The van der Waals surface area contributed by atoms with Gasteiger partial charge in [-0.1, -0.05) is 43.2 Å². The fourth-order valence-electron chi connectivity index (χ4n) is 6.90. The zero-order chi connectivity index (χ0) is 30.4. The number of anilines is 3. The lowest BCUT2D eigenvalue weighted by Gasteiger charge is -2.39. The highest BCUT2D eigenvalue weighted by molar-refractivity contribution is 6.30. The van der Waals surface area contributed by atoms with Crippen LogP contribution >= 0.6 is 11.6 Å². The van der Waals surface area contributed by atoms with Gasteiger partial charge in [0.2, 0.25) is 5.88 Å². The van der Waals surface area contributed by atoms with Gasteiger partial charge in [-0.3, -0.25) is 9.69 Å². The number of allylic oxidation sites excluding steroid dienone is 1. The highest BCUT2D eigenvalue weighted by atomic mass is 35.5. The first-order chi connectivity index (χ1) is 21.2. The number of rotatable bonds is 6. The van der Waals surface area contributed by atoms with Gasteiger partial charge in [-0.15, -0.1) is 0 Å². The van der Waals surface area contributed by atoms with Crippen LogP contribution in [0.15, 0.2) is 66.4 Å². The Bertz CT molecular complexity index is 1740. The molecule has 44 heavy (non-hydrogen) atoms. The Hall–Kier alpha value is -4.01. The molecule has 3 aliphatic rings. The van der Waals surface area contributed by atoms with E-state index in [1.807, 2.05) is 36.5 Å². The quantitative estimate of drug-likeness (QED) is 0.255. The first-order valence-electron chi connectivity index (χ1n) is 15.5. The summed E-state index contributed by atoms with van der Waals surface area (Å²) in [6.45, 7) is 10.6. The summed E-state index contributed by atoms with van der Waals surface area (Å²) in [6, 6.07) is 18.4. The Balaban J connectivity index is 1.11. The van der Waals surface area contributed by atoms with Crippen LogP contribution in [0, 0.1) is 5.41 Å². The number of carbonyl (C=O) groups excluding carboxylic acids is 1. The van der Waals surface area contributed by atoms with Crippen molar-refractivity contribution in [3.8, 4) is 5.88 Å². The molecule has 0 radical (unpaired) electrons. The molecule has 7 rings (SSSR count). The predicted octanol–water partition coefficient (Wildman–Crippen LogP) is 6.63. The second kappa shape index (κ2) is 11.5. The third-order valence-electron chi connectivity index (χ3n) is 9.39. The minimum Gasteiger partial charge on any atom is -0.474 e. The van der Waals surface area contributed by atoms with Crippen LogP contribution in [0.4, 0.5) is 17.1 Å². The van der Waals surface area contributed by atoms with Crippen LogP contribution in [0.1, 0.15) is 49.0 Å². The molecule has 0 atom stereocenters. The molecule has 2 aromatic carbocycles. The van der Waals surface area contributed by atoms with Gasteiger partial charge < -0.3 is 25.3 Å². The van der Waals surface area contributed by atoms with Crippen molar-refractivity contribution in [2.24, 2.45) is 11.1 Å². The molecule has 228 valence electrons. The van der Waals surface area contributed by atoms with Crippen molar-refractivity contribution < 1.29 is 9.53 Å². The van der Waals surface area contributed by atoms with Gasteiger partial charge in [0.05, 0.1) is 17.8 Å². The summed E-state index contributed by atoms with van der Waals surface area (Å²) in [5, 5.41) is 1.77. The van der Waals surface area contributed by atoms with Crippen LogP contribution in [-0.4, -0.2) is 66.7 Å². The summed E-state index contributed by atoms with van der Waals surface area (Å²) in [5.74, 6) is 0.111. The molecule has 9 heteroatoms. The second-order valence-corrected chi connectivity index (χ2v) is 13.4. The van der Waals surface area contributed by atoms with E-state index in [-0.39, 0.29) is 0 Å². The number of piperazine rings is 1. The van der Waals surface area contributed by atoms with Gasteiger partial charge >= 0.3 is 0 Å².